The molecule has 106 valence electrons. The van der Waals surface area contributed by atoms with Gasteiger partial charge in [-0.2, -0.15) is 5.10 Å². The quantitative estimate of drug-likeness (QED) is 0.889. The average molecular weight is 264 g/mol. The molecule has 0 saturated carbocycles. The molecule has 0 aliphatic carbocycles. The van der Waals surface area contributed by atoms with Crippen LogP contribution in [0, 0.1) is 0 Å². The minimum atomic E-state index is 0.115. The molecule has 0 spiro atoms. The SMILES string of the molecule is CCc1cc(C(=O)N(CC)C2CCNCC2)n(C)n1. The third-order valence-electron chi connectivity index (χ3n) is 3.86. The van der Waals surface area contributed by atoms with Crippen molar-refractivity contribution >= 4 is 5.91 Å². The highest BCUT2D eigenvalue weighted by Gasteiger charge is 2.26. The van der Waals surface area contributed by atoms with E-state index >= 15 is 0 Å². The van der Waals surface area contributed by atoms with Gasteiger partial charge in [0.2, 0.25) is 0 Å². The van der Waals surface area contributed by atoms with Gasteiger partial charge in [0.25, 0.3) is 5.91 Å². The molecule has 1 amide bonds. The van der Waals surface area contributed by atoms with Gasteiger partial charge in [-0.3, -0.25) is 9.48 Å². The molecule has 5 heteroatoms. The van der Waals surface area contributed by atoms with Crippen LogP contribution in [0.2, 0.25) is 0 Å². The highest BCUT2D eigenvalue weighted by Crippen LogP contribution is 2.16. The van der Waals surface area contributed by atoms with Gasteiger partial charge in [0.05, 0.1) is 5.69 Å². The van der Waals surface area contributed by atoms with Crippen molar-refractivity contribution in [3.05, 3.63) is 17.5 Å². The minimum Gasteiger partial charge on any atom is -0.335 e. The van der Waals surface area contributed by atoms with Crippen LogP contribution < -0.4 is 5.32 Å². The van der Waals surface area contributed by atoms with E-state index in [-0.39, 0.29) is 5.91 Å². The predicted molar refractivity (Wildman–Crippen MR) is 75.2 cm³/mol. The highest BCUT2D eigenvalue weighted by molar-refractivity contribution is 5.93. The number of carbonyl (C=O) groups is 1. The molecule has 0 radical (unpaired) electrons. The van der Waals surface area contributed by atoms with E-state index in [0.29, 0.717) is 11.7 Å². The van der Waals surface area contributed by atoms with Gasteiger partial charge in [-0.1, -0.05) is 6.92 Å². The van der Waals surface area contributed by atoms with E-state index in [1.165, 1.54) is 0 Å². The van der Waals surface area contributed by atoms with E-state index in [1.54, 1.807) is 4.68 Å². The van der Waals surface area contributed by atoms with Crippen molar-refractivity contribution in [2.75, 3.05) is 19.6 Å². The number of nitrogens with zero attached hydrogens (tertiary/aromatic N) is 3. The maximum absolute atomic E-state index is 12.7. The van der Waals surface area contributed by atoms with Crippen LogP contribution in [0.3, 0.4) is 0 Å². The maximum Gasteiger partial charge on any atom is 0.272 e. The molecule has 1 fully saturated rings. The molecule has 1 saturated heterocycles. The molecule has 1 aliphatic heterocycles. The summed E-state index contributed by atoms with van der Waals surface area (Å²) in [6, 6.07) is 2.28. The molecule has 5 nitrogen and oxygen atoms in total. The fraction of sp³-hybridized carbons (Fsp3) is 0.714. The van der Waals surface area contributed by atoms with Crippen LogP contribution in [-0.4, -0.2) is 46.3 Å². The van der Waals surface area contributed by atoms with Gasteiger partial charge in [0.1, 0.15) is 5.69 Å². The molecule has 0 bridgehead atoms. The van der Waals surface area contributed by atoms with Crippen LogP contribution >= 0.6 is 0 Å². The van der Waals surface area contributed by atoms with E-state index in [9.17, 15) is 4.79 Å². The fourth-order valence-corrected chi connectivity index (χ4v) is 2.73. The van der Waals surface area contributed by atoms with Crippen molar-refractivity contribution in [2.45, 2.75) is 39.2 Å². The Morgan fingerprint density at radius 1 is 1.47 bits per heavy atom. The van der Waals surface area contributed by atoms with Gasteiger partial charge in [-0.15, -0.1) is 0 Å². The van der Waals surface area contributed by atoms with Crippen LogP contribution in [0.25, 0.3) is 0 Å². The monoisotopic (exact) mass is 264 g/mol. The third-order valence-corrected chi connectivity index (χ3v) is 3.86. The second-order valence-corrected chi connectivity index (χ2v) is 5.07. The average Bonchev–Trinajstić information content (AvgIpc) is 2.82. The van der Waals surface area contributed by atoms with Crippen LogP contribution in [0.15, 0.2) is 6.07 Å². The number of aromatic nitrogens is 2. The molecule has 2 rings (SSSR count). The second kappa shape index (κ2) is 6.19. The summed E-state index contributed by atoms with van der Waals surface area (Å²) < 4.78 is 1.71. The second-order valence-electron chi connectivity index (χ2n) is 5.07. The first-order valence-corrected chi connectivity index (χ1v) is 7.22. The Balaban J connectivity index is 2.17. The van der Waals surface area contributed by atoms with Crippen molar-refractivity contribution in [1.29, 1.82) is 0 Å². The zero-order valence-corrected chi connectivity index (χ0v) is 12.1. The Bertz CT molecular complexity index is 435. The minimum absolute atomic E-state index is 0.115. The summed E-state index contributed by atoms with van der Waals surface area (Å²) in [6.45, 7) is 6.87. The summed E-state index contributed by atoms with van der Waals surface area (Å²) in [5.74, 6) is 0.115. The fourth-order valence-electron chi connectivity index (χ4n) is 2.73. The molecule has 1 aromatic heterocycles. The number of hydrogen-bond donors (Lipinski definition) is 1. The normalized spacial score (nSPS) is 16.6. The van der Waals surface area contributed by atoms with Gasteiger partial charge in [0.15, 0.2) is 0 Å². The molecule has 1 aliphatic rings. The van der Waals surface area contributed by atoms with Crippen molar-refractivity contribution in [2.24, 2.45) is 7.05 Å². The summed E-state index contributed by atoms with van der Waals surface area (Å²) in [4.78, 5) is 14.7. The maximum atomic E-state index is 12.7. The number of rotatable bonds is 4. The lowest BCUT2D eigenvalue weighted by Crippen LogP contribution is -2.46. The van der Waals surface area contributed by atoms with E-state index in [1.807, 2.05) is 18.0 Å². The summed E-state index contributed by atoms with van der Waals surface area (Å²) in [7, 11) is 1.85. The van der Waals surface area contributed by atoms with E-state index < -0.39 is 0 Å². The van der Waals surface area contributed by atoms with E-state index in [0.717, 1.165) is 44.6 Å². The number of aryl methyl sites for hydroxylation is 2. The molecule has 19 heavy (non-hydrogen) atoms. The number of carbonyl (C=O) groups excluding carboxylic acids is 1. The Morgan fingerprint density at radius 2 is 2.16 bits per heavy atom. The molecule has 1 N–H and O–H groups in total. The largest absolute Gasteiger partial charge is 0.335 e. The van der Waals surface area contributed by atoms with Crippen LogP contribution in [-0.2, 0) is 13.5 Å². The van der Waals surface area contributed by atoms with Gasteiger partial charge in [-0.05, 0) is 45.3 Å². The van der Waals surface area contributed by atoms with Crippen LogP contribution in [0.4, 0.5) is 0 Å². The van der Waals surface area contributed by atoms with E-state index in [2.05, 4.69) is 24.3 Å². The zero-order valence-electron chi connectivity index (χ0n) is 12.1. The van der Waals surface area contributed by atoms with Crippen molar-refractivity contribution in [1.82, 2.24) is 20.0 Å². The van der Waals surface area contributed by atoms with Crippen molar-refractivity contribution in [3.63, 3.8) is 0 Å². The summed E-state index contributed by atoms with van der Waals surface area (Å²) in [5.41, 5.74) is 1.68. The Labute approximate surface area is 115 Å². The number of piperidine rings is 1. The number of nitrogens with one attached hydrogen (secondary N) is 1. The Hall–Kier alpha value is -1.36. The van der Waals surface area contributed by atoms with Gasteiger partial charge < -0.3 is 10.2 Å². The first-order chi connectivity index (χ1) is 9.17. The molecule has 0 atom stereocenters. The standard InChI is InChI=1S/C14H24N4O/c1-4-11-10-13(17(3)16-11)14(19)18(5-2)12-6-8-15-9-7-12/h10,12,15H,4-9H2,1-3H3. The third kappa shape index (κ3) is 2.97. The lowest BCUT2D eigenvalue weighted by Gasteiger charge is -2.33. The highest BCUT2D eigenvalue weighted by atomic mass is 16.2. The summed E-state index contributed by atoms with van der Waals surface area (Å²) >= 11 is 0. The topological polar surface area (TPSA) is 50.2 Å². The molecule has 0 aromatic carbocycles. The van der Waals surface area contributed by atoms with Crippen molar-refractivity contribution in [3.8, 4) is 0 Å². The lowest BCUT2D eigenvalue weighted by molar-refractivity contribution is 0.0645. The molecule has 0 unspecified atom stereocenters. The molecule has 2 heterocycles. The smallest absolute Gasteiger partial charge is 0.272 e. The first-order valence-electron chi connectivity index (χ1n) is 7.22. The molecule has 1 aromatic rings. The summed E-state index contributed by atoms with van der Waals surface area (Å²) in [6.07, 6.45) is 2.94. The Morgan fingerprint density at radius 3 is 2.68 bits per heavy atom. The van der Waals surface area contributed by atoms with Crippen LogP contribution in [0.1, 0.15) is 42.9 Å². The first kappa shape index (κ1) is 14.1. The van der Waals surface area contributed by atoms with Crippen molar-refractivity contribution < 1.29 is 4.79 Å². The number of amides is 1. The predicted octanol–water partition coefficient (Wildman–Crippen LogP) is 1.20. The zero-order chi connectivity index (χ0) is 13.8. The van der Waals surface area contributed by atoms with Gasteiger partial charge in [0, 0.05) is 19.6 Å². The van der Waals surface area contributed by atoms with Gasteiger partial charge >= 0.3 is 0 Å². The summed E-state index contributed by atoms with van der Waals surface area (Å²) in [5, 5.41) is 7.71. The molecular formula is C14H24N4O. The molecular weight excluding hydrogens is 240 g/mol. The Kier molecular flexibility index (Phi) is 4.58. The number of hydrogen-bond acceptors (Lipinski definition) is 3. The lowest BCUT2D eigenvalue weighted by atomic mass is 10.0. The van der Waals surface area contributed by atoms with Crippen LogP contribution in [0.5, 0.6) is 0 Å². The van der Waals surface area contributed by atoms with Gasteiger partial charge in [-0.25, -0.2) is 0 Å². The van der Waals surface area contributed by atoms with E-state index in [4.69, 9.17) is 0 Å².